The van der Waals surface area contributed by atoms with Gasteiger partial charge in [-0.15, -0.1) is 0 Å². The van der Waals surface area contributed by atoms with Crippen molar-refractivity contribution in [3.8, 4) is 0 Å². The molecular formula is C20H35N. The molecule has 0 heterocycles. The first kappa shape index (κ1) is 14.5. The number of fused-ring (bicyclic) bond motifs is 5. The molecule has 8 unspecified atom stereocenters. The van der Waals surface area contributed by atoms with Gasteiger partial charge in [-0.1, -0.05) is 20.8 Å². The van der Waals surface area contributed by atoms with E-state index in [1.165, 1.54) is 57.8 Å². The second-order valence-corrected chi connectivity index (χ2v) is 9.71. The van der Waals surface area contributed by atoms with Gasteiger partial charge in [0, 0.05) is 6.04 Å². The highest BCUT2D eigenvalue weighted by Crippen LogP contribution is 2.67. The third-order valence-electron chi connectivity index (χ3n) is 9.18. The highest BCUT2D eigenvalue weighted by Gasteiger charge is 2.59. The van der Waals surface area contributed by atoms with Crippen molar-refractivity contribution in [2.24, 2.45) is 46.2 Å². The van der Waals surface area contributed by atoms with Crippen LogP contribution in [0, 0.1) is 40.4 Å². The lowest BCUT2D eigenvalue weighted by atomic mass is 9.44. The van der Waals surface area contributed by atoms with Crippen LogP contribution in [0.3, 0.4) is 0 Å². The first-order valence-corrected chi connectivity index (χ1v) is 9.71. The SMILES string of the molecule is CC1CCC2C3CCC4CC(N)CCC4(C)C3CCC12C. The first-order valence-electron chi connectivity index (χ1n) is 9.71. The van der Waals surface area contributed by atoms with Crippen molar-refractivity contribution in [1.82, 2.24) is 0 Å². The zero-order chi connectivity index (χ0) is 14.8. The lowest BCUT2D eigenvalue weighted by Gasteiger charge is -2.61. The molecule has 4 rings (SSSR count). The quantitative estimate of drug-likeness (QED) is 0.668. The van der Waals surface area contributed by atoms with Gasteiger partial charge in [-0.05, 0) is 98.2 Å². The highest BCUT2D eigenvalue weighted by molar-refractivity contribution is 5.08. The molecule has 0 aromatic rings. The zero-order valence-corrected chi connectivity index (χ0v) is 14.4. The Kier molecular flexibility index (Phi) is 3.27. The van der Waals surface area contributed by atoms with Crippen LogP contribution in [-0.4, -0.2) is 6.04 Å². The van der Waals surface area contributed by atoms with E-state index in [4.69, 9.17) is 5.73 Å². The lowest BCUT2D eigenvalue weighted by molar-refractivity contribution is -0.111. The van der Waals surface area contributed by atoms with E-state index in [1.54, 1.807) is 0 Å². The summed E-state index contributed by atoms with van der Waals surface area (Å²) in [6, 6.07) is 0.500. The molecule has 120 valence electrons. The van der Waals surface area contributed by atoms with Gasteiger partial charge in [-0.2, -0.15) is 0 Å². The molecule has 0 aliphatic heterocycles. The van der Waals surface area contributed by atoms with Crippen molar-refractivity contribution in [2.45, 2.75) is 84.6 Å². The Balaban J connectivity index is 1.62. The van der Waals surface area contributed by atoms with Crippen molar-refractivity contribution < 1.29 is 0 Å². The third-order valence-corrected chi connectivity index (χ3v) is 9.18. The molecule has 21 heavy (non-hydrogen) atoms. The van der Waals surface area contributed by atoms with E-state index < -0.39 is 0 Å². The molecule has 0 saturated heterocycles. The van der Waals surface area contributed by atoms with Gasteiger partial charge < -0.3 is 5.73 Å². The molecule has 0 aromatic heterocycles. The molecule has 4 fully saturated rings. The topological polar surface area (TPSA) is 26.0 Å². The van der Waals surface area contributed by atoms with Crippen molar-refractivity contribution in [3.05, 3.63) is 0 Å². The number of rotatable bonds is 0. The van der Waals surface area contributed by atoms with Gasteiger partial charge in [-0.25, -0.2) is 0 Å². The number of hydrogen-bond acceptors (Lipinski definition) is 1. The van der Waals surface area contributed by atoms with Crippen LogP contribution in [0.5, 0.6) is 0 Å². The fourth-order valence-corrected chi connectivity index (χ4v) is 7.55. The summed E-state index contributed by atoms with van der Waals surface area (Å²) in [6.45, 7) is 7.82. The van der Waals surface area contributed by atoms with Gasteiger partial charge in [0.05, 0.1) is 0 Å². The van der Waals surface area contributed by atoms with Gasteiger partial charge in [0.25, 0.3) is 0 Å². The van der Waals surface area contributed by atoms with E-state index in [0.717, 1.165) is 29.6 Å². The van der Waals surface area contributed by atoms with Crippen molar-refractivity contribution in [3.63, 3.8) is 0 Å². The molecule has 2 N–H and O–H groups in total. The standard InChI is InChI=1S/C20H35N/c1-13-4-7-17-16-6-5-14-12-15(21)8-10-20(14,3)18(16)9-11-19(13,17)2/h13-18H,4-12,21H2,1-3H3. The van der Waals surface area contributed by atoms with E-state index in [2.05, 4.69) is 20.8 Å². The number of nitrogens with two attached hydrogens (primary N) is 1. The fourth-order valence-electron chi connectivity index (χ4n) is 7.55. The summed E-state index contributed by atoms with van der Waals surface area (Å²) in [6.07, 6.45) is 13.1. The smallest absolute Gasteiger partial charge is 0.00418 e. The zero-order valence-electron chi connectivity index (χ0n) is 14.4. The first-order chi connectivity index (χ1) is 9.95. The molecule has 0 bridgehead atoms. The number of hydrogen-bond donors (Lipinski definition) is 1. The molecule has 0 radical (unpaired) electrons. The maximum absolute atomic E-state index is 6.29. The van der Waals surface area contributed by atoms with Crippen LogP contribution in [0.2, 0.25) is 0 Å². The minimum absolute atomic E-state index is 0.500. The average molecular weight is 290 g/mol. The second-order valence-electron chi connectivity index (χ2n) is 9.71. The summed E-state index contributed by atoms with van der Waals surface area (Å²) in [5.41, 5.74) is 7.60. The Bertz CT molecular complexity index is 418. The molecule has 0 aromatic carbocycles. The van der Waals surface area contributed by atoms with E-state index in [1.807, 2.05) is 0 Å². The van der Waals surface area contributed by atoms with E-state index in [9.17, 15) is 0 Å². The van der Waals surface area contributed by atoms with Crippen molar-refractivity contribution >= 4 is 0 Å². The van der Waals surface area contributed by atoms with Gasteiger partial charge in [0.15, 0.2) is 0 Å². The normalized spacial score (nSPS) is 60.0. The molecule has 0 spiro atoms. The summed E-state index contributed by atoms with van der Waals surface area (Å²) < 4.78 is 0. The maximum atomic E-state index is 6.29. The summed E-state index contributed by atoms with van der Waals surface area (Å²) in [5, 5.41) is 0. The molecule has 4 aliphatic rings. The van der Waals surface area contributed by atoms with Crippen LogP contribution in [0.4, 0.5) is 0 Å². The summed E-state index contributed by atoms with van der Waals surface area (Å²) >= 11 is 0. The Hall–Kier alpha value is -0.0400. The molecule has 4 aliphatic carbocycles. The van der Waals surface area contributed by atoms with Crippen LogP contribution in [0.1, 0.15) is 78.6 Å². The van der Waals surface area contributed by atoms with Crippen LogP contribution in [0.25, 0.3) is 0 Å². The molecule has 0 amide bonds. The van der Waals surface area contributed by atoms with Gasteiger partial charge in [-0.3, -0.25) is 0 Å². The minimum atomic E-state index is 0.500. The largest absolute Gasteiger partial charge is 0.328 e. The summed E-state index contributed by atoms with van der Waals surface area (Å²) in [4.78, 5) is 0. The summed E-state index contributed by atoms with van der Waals surface area (Å²) in [7, 11) is 0. The van der Waals surface area contributed by atoms with Crippen LogP contribution in [0.15, 0.2) is 0 Å². The lowest BCUT2D eigenvalue weighted by Crippen LogP contribution is -2.54. The molecule has 4 saturated carbocycles. The Morgan fingerprint density at radius 2 is 1.52 bits per heavy atom. The predicted octanol–water partition coefficient (Wildman–Crippen LogP) is 4.99. The highest BCUT2D eigenvalue weighted by atomic mass is 14.7. The second kappa shape index (κ2) is 4.73. The van der Waals surface area contributed by atoms with Gasteiger partial charge >= 0.3 is 0 Å². The van der Waals surface area contributed by atoms with Crippen molar-refractivity contribution in [2.75, 3.05) is 0 Å². The Labute approximate surface area is 131 Å². The maximum Gasteiger partial charge on any atom is 0.00418 e. The molecule has 1 nitrogen and oxygen atoms in total. The molecule has 8 atom stereocenters. The van der Waals surface area contributed by atoms with E-state index >= 15 is 0 Å². The van der Waals surface area contributed by atoms with E-state index in [-0.39, 0.29) is 0 Å². The molecule has 1 heteroatoms. The predicted molar refractivity (Wildman–Crippen MR) is 88.9 cm³/mol. The Morgan fingerprint density at radius 3 is 2.33 bits per heavy atom. The average Bonchev–Trinajstić information content (AvgIpc) is 2.76. The third kappa shape index (κ3) is 1.92. The van der Waals surface area contributed by atoms with Gasteiger partial charge in [0.1, 0.15) is 0 Å². The minimum Gasteiger partial charge on any atom is -0.328 e. The molecular weight excluding hydrogens is 254 g/mol. The van der Waals surface area contributed by atoms with Crippen LogP contribution in [-0.2, 0) is 0 Å². The van der Waals surface area contributed by atoms with Gasteiger partial charge in [0.2, 0.25) is 0 Å². The monoisotopic (exact) mass is 289 g/mol. The fraction of sp³-hybridized carbons (Fsp3) is 1.00. The Morgan fingerprint density at radius 1 is 0.810 bits per heavy atom. The van der Waals surface area contributed by atoms with Crippen molar-refractivity contribution in [1.29, 1.82) is 0 Å². The van der Waals surface area contributed by atoms with Crippen LogP contribution >= 0.6 is 0 Å². The van der Waals surface area contributed by atoms with Crippen LogP contribution < -0.4 is 5.73 Å². The van der Waals surface area contributed by atoms with E-state index in [0.29, 0.717) is 16.9 Å². The summed E-state index contributed by atoms with van der Waals surface area (Å²) in [5.74, 6) is 5.01.